The molecule has 0 spiro atoms. The Hall–Kier alpha value is -0.280. The van der Waals surface area contributed by atoms with E-state index in [4.69, 9.17) is 5.73 Å². The lowest BCUT2D eigenvalue weighted by Crippen LogP contribution is -2.49. The van der Waals surface area contributed by atoms with Crippen LogP contribution in [-0.4, -0.2) is 18.0 Å². The Labute approximate surface area is 105 Å². The van der Waals surface area contributed by atoms with Crippen molar-refractivity contribution in [2.75, 3.05) is 6.54 Å². The van der Waals surface area contributed by atoms with Crippen molar-refractivity contribution in [1.82, 2.24) is 5.32 Å². The Morgan fingerprint density at radius 1 is 1.44 bits per heavy atom. The van der Waals surface area contributed by atoms with Crippen molar-refractivity contribution < 1.29 is 4.79 Å². The molecule has 0 aromatic heterocycles. The summed E-state index contributed by atoms with van der Waals surface area (Å²) in [5, 5.41) is 2.98. The molecule has 4 heteroatoms. The van der Waals surface area contributed by atoms with Crippen molar-refractivity contribution in [3.05, 3.63) is 0 Å². The van der Waals surface area contributed by atoms with Gasteiger partial charge in [-0.05, 0) is 24.7 Å². The van der Waals surface area contributed by atoms with E-state index < -0.39 is 0 Å². The van der Waals surface area contributed by atoms with Gasteiger partial charge in [-0.2, -0.15) is 0 Å². The summed E-state index contributed by atoms with van der Waals surface area (Å²) >= 11 is 0. The Morgan fingerprint density at radius 3 is 2.19 bits per heavy atom. The minimum Gasteiger partial charge on any atom is -0.354 e. The molecule has 0 radical (unpaired) electrons. The average Bonchev–Trinajstić information content (AvgIpc) is 2.84. The molecule has 1 unspecified atom stereocenters. The van der Waals surface area contributed by atoms with E-state index in [1.54, 1.807) is 0 Å². The van der Waals surface area contributed by atoms with E-state index in [9.17, 15) is 4.79 Å². The SMILES string of the molecule is CCC(N)(CC)CNC(=O)C1CC1(C)C.Cl. The summed E-state index contributed by atoms with van der Waals surface area (Å²) in [5.41, 5.74) is 6.10. The Morgan fingerprint density at radius 2 is 1.88 bits per heavy atom. The molecule has 1 aliphatic carbocycles. The monoisotopic (exact) mass is 248 g/mol. The van der Waals surface area contributed by atoms with Crippen LogP contribution in [0.15, 0.2) is 0 Å². The second-order valence-electron chi connectivity index (χ2n) is 5.53. The predicted molar refractivity (Wildman–Crippen MR) is 69.6 cm³/mol. The van der Waals surface area contributed by atoms with E-state index in [0.717, 1.165) is 19.3 Å². The minimum absolute atomic E-state index is 0. The number of hydrogen-bond acceptors (Lipinski definition) is 2. The van der Waals surface area contributed by atoms with Crippen LogP contribution >= 0.6 is 12.4 Å². The fourth-order valence-corrected chi connectivity index (χ4v) is 1.80. The Balaban J connectivity index is 0.00000225. The number of halogens is 1. The lowest BCUT2D eigenvalue weighted by atomic mass is 9.94. The molecule has 96 valence electrons. The first kappa shape index (κ1) is 15.7. The quantitative estimate of drug-likeness (QED) is 0.783. The first-order chi connectivity index (χ1) is 6.84. The topological polar surface area (TPSA) is 55.1 Å². The smallest absolute Gasteiger partial charge is 0.223 e. The highest BCUT2D eigenvalue weighted by molar-refractivity contribution is 5.85. The number of nitrogens with two attached hydrogens (primary N) is 1. The fraction of sp³-hybridized carbons (Fsp3) is 0.917. The van der Waals surface area contributed by atoms with Crippen LogP contribution in [0, 0.1) is 11.3 Å². The van der Waals surface area contributed by atoms with Gasteiger partial charge < -0.3 is 11.1 Å². The average molecular weight is 249 g/mol. The molecule has 1 rings (SSSR count). The normalized spacial score (nSPS) is 22.2. The van der Waals surface area contributed by atoms with Gasteiger partial charge in [0, 0.05) is 18.0 Å². The summed E-state index contributed by atoms with van der Waals surface area (Å²) in [7, 11) is 0. The molecular formula is C12H25ClN2O. The van der Waals surface area contributed by atoms with Crippen molar-refractivity contribution in [3.63, 3.8) is 0 Å². The molecule has 0 saturated heterocycles. The van der Waals surface area contributed by atoms with Gasteiger partial charge in [0.1, 0.15) is 0 Å². The zero-order valence-electron chi connectivity index (χ0n) is 10.8. The van der Waals surface area contributed by atoms with Gasteiger partial charge in [-0.15, -0.1) is 12.4 Å². The summed E-state index contributed by atoms with van der Waals surface area (Å²) in [4.78, 5) is 11.7. The maximum atomic E-state index is 11.7. The molecule has 0 bridgehead atoms. The molecule has 1 atom stereocenters. The van der Waals surface area contributed by atoms with E-state index in [1.165, 1.54) is 0 Å². The number of carbonyl (C=O) groups excluding carboxylic acids is 1. The fourth-order valence-electron chi connectivity index (χ4n) is 1.80. The highest BCUT2D eigenvalue weighted by Gasteiger charge is 2.50. The third-order valence-electron chi connectivity index (χ3n) is 3.85. The Kier molecular flexibility index (Phi) is 5.27. The summed E-state index contributed by atoms with van der Waals surface area (Å²) in [6.45, 7) is 9.00. The van der Waals surface area contributed by atoms with Crippen molar-refractivity contribution in [1.29, 1.82) is 0 Å². The summed E-state index contributed by atoms with van der Waals surface area (Å²) in [6.07, 6.45) is 2.81. The molecule has 0 aliphatic heterocycles. The standard InChI is InChI=1S/C12H24N2O.ClH/c1-5-12(13,6-2)8-14-10(15)9-7-11(9,3)4;/h9H,5-8,13H2,1-4H3,(H,14,15);1H. The van der Waals surface area contributed by atoms with Crippen LogP contribution in [0.25, 0.3) is 0 Å². The third-order valence-corrected chi connectivity index (χ3v) is 3.85. The second kappa shape index (κ2) is 5.37. The van der Waals surface area contributed by atoms with Gasteiger partial charge in [-0.1, -0.05) is 27.7 Å². The number of carbonyl (C=O) groups is 1. The van der Waals surface area contributed by atoms with Crippen LogP contribution in [0.3, 0.4) is 0 Å². The molecule has 0 heterocycles. The van der Waals surface area contributed by atoms with E-state index in [0.29, 0.717) is 6.54 Å². The molecule has 3 N–H and O–H groups in total. The lowest BCUT2D eigenvalue weighted by molar-refractivity contribution is -0.123. The first-order valence-corrected chi connectivity index (χ1v) is 5.91. The van der Waals surface area contributed by atoms with E-state index in [1.807, 2.05) is 0 Å². The molecule has 1 amide bonds. The van der Waals surface area contributed by atoms with E-state index in [2.05, 4.69) is 33.0 Å². The maximum absolute atomic E-state index is 11.7. The largest absolute Gasteiger partial charge is 0.354 e. The predicted octanol–water partition coefficient (Wildman–Crippen LogP) is 2.09. The molecule has 3 nitrogen and oxygen atoms in total. The Bertz CT molecular complexity index is 249. The molecule has 0 aromatic carbocycles. The first-order valence-electron chi connectivity index (χ1n) is 5.91. The maximum Gasteiger partial charge on any atom is 0.223 e. The van der Waals surface area contributed by atoms with Gasteiger partial charge in [0.2, 0.25) is 5.91 Å². The van der Waals surface area contributed by atoms with Crippen LogP contribution < -0.4 is 11.1 Å². The molecule has 0 aromatic rings. The lowest BCUT2D eigenvalue weighted by Gasteiger charge is -2.26. The van der Waals surface area contributed by atoms with E-state index in [-0.39, 0.29) is 35.2 Å². The highest BCUT2D eigenvalue weighted by atomic mass is 35.5. The molecular weight excluding hydrogens is 224 g/mol. The van der Waals surface area contributed by atoms with Crippen LogP contribution in [0.5, 0.6) is 0 Å². The van der Waals surface area contributed by atoms with Crippen molar-refractivity contribution in [2.24, 2.45) is 17.1 Å². The molecule has 16 heavy (non-hydrogen) atoms. The minimum atomic E-state index is -0.227. The van der Waals surface area contributed by atoms with Gasteiger partial charge in [0.25, 0.3) is 0 Å². The van der Waals surface area contributed by atoms with Crippen LogP contribution in [0.1, 0.15) is 47.0 Å². The van der Waals surface area contributed by atoms with Gasteiger partial charge in [0.15, 0.2) is 0 Å². The van der Waals surface area contributed by atoms with Gasteiger partial charge >= 0.3 is 0 Å². The molecule has 1 fully saturated rings. The second-order valence-corrected chi connectivity index (χ2v) is 5.53. The van der Waals surface area contributed by atoms with Gasteiger partial charge in [-0.25, -0.2) is 0 Å². The van der Waals surface area contributed by atoms with Crippen LogP contribution in [0.4, 0.5) is 0 Å². The van der Waals surface area contributed by atoms with Crippen molar-refractivity contribution in [2.45, 2.75) is 52.5 Å². The summed E-state index contributed by atoms with van der Waals surface area (Å²) in [5.74, 6) is 0.382. The highest BCUT2D eigenvalue weighted by Crippen LogP contribution is 2.51. The molecule has 1 aliphatic rings. The zero-order chi connectivity index (χ0) is 11.7. The summed E-state index contributed by atoms with van der Waals surface area (Å²) in [6, 6.07) is 0. The molecule has 1 saturated carbocycles. The number of hydrogen-bond donors (Lipinski definition) is 2. The number of amides is 1. The van der Waals surface area contributed by atoms with Gasteiger partial charge in [-0.3, -0.25) is 4.79 Å². The van der Waals surface area contributed by atoms with Crippen molar-refractivity contribution >= 4 is 18.3 Å². The third kappa shape index (κ3) is 3.63. The van der Waals surface area contributed by atoms with Crippen LogP contribution in [-0.2, 0) is 4.79 Å². The van der Waals surface area contributed by atoms with Gasteiger partial charge in [0.05, 0.1) is 0 Å². The zero-order valence-corrected chi connectivity index (χ0v) is 11.6. The number of nitrogens with one attached hydrogen (secondary N) is 1. The van der Waals surface area contributed by atoms with Crippen molar-refractivity contribution in [3.8, 4) is 0 Å². The van der Waals surface area contributed by atoms with Crippen LogP contribution in [0.2, 0.25) is 0 Å². The van der Waals surface area contributed by atoms with E-state index >= 15 is 0 Å². The summed E-state index contributed by atoms with van der Waals surface area (Å²) < 4.78 is 0. The number of rotatable bonds is 5.